The van der Waals surface area contributed by atoms with Gasteiger partial charge in [0.15, 0.2) is 5.16 Å². The largest absolute Gasteiger partial charge is 0.385 e. The van der Waals surface area contributed by atoms with Gasteiger partial charge in [0.2, 0.25) is 0 Å². The van der Waals surface area contributed by atoms with E-state index in [-0.39, 0.29) is 16.9 Å². The van der Waals surface area contributed by atoms with Crippen LogP contribution in [0.1, 0.15) is 22.8 Å². The van der Waals surface area contributed by atoms with Crippen molar-refractivity contribution in [1.82, 2.24) is 14.8 Å². The van der Waals surface area contributed by atoms with Gasteiger partial charge in [-0.2, -0.15) is 0 Å². The highest BCUT2D eigenvalue weighted by atomic mass is 32.2. The van der Waals surface area contributed by atoms with E-state index in [1.807, 2.05) is 4.57 Å². The third-order valence-electron chi connectivity index (χ3n) is 3.90. The van der Waals surface area contributed by atoms with Crippen molar-refractivity contribution in [2.45, 2.75) is 23.4 Å². The Morgan fingerprint density at radius 1 is 1.00 bits per heavy atom. The van der Waals surface area contributed by atoms with Crippen molar-refractivity contribution in [3.05, 3.63) is 77.6 Å². The smallest absolute Gasteiger partial charge is 0.191 e. The Labute approximate surface area is 155 Å². The average molecular weight is 375 g/mol. The van der Waals surface area contributed by atoms with Gasteiger partial charge >= 0.3 is 0 Å². The summed E-state index contributed by atoms with van der Waals surface area (Å²) in [5, 5.41) is 8.81. The second-order valence-corrected chi connectivity index (χ2v) is 6.83. The lowest BCUT2D eigenvalue weighted by Crippen LogP contribution is -2.04. The number of thioether (sulfide) groups is 1. The molecule has 136 valence electrons. The molecule has 0 aliphatic rings. The molecule has 7 heteroatoms. The number of rotatable bonds is 8. The molecule has 0 N–H and O–H groups in total. The van der Waals surface area contributed by atoms with Crippen LogP contribution in [0.4, 0.5) is 8.78 Å². The minimum Gasteiger partial charge on any atom is -0.385 e. The van der Waals surface area contributed by atoms with Gasteiger partial charge in [-0.05, 0) is 41.8 Å². The van der Waals surface area contributed by atoms with Crippen LogP contribution < -0.4 is 0 Å². The summed E-state index contributed by atoms with van der Waals surface area (Å²) >= 11 is 1.50. The first-order valence-corrected chi connectivity index (χ1v) is 9.09. The lowest BCUT2D eigenvalue weighted by molar-refractivity contribution is 0.189. The first-order valence-electron chi connectivity index (χ1n) is 8.21. The number of aryl methyl sites for hydroxylation is 1. The van der Waals surface area contributed by atoms with Crippen LogP contribution in [0.15, 0.2) is 60.0 Å². The minimum absolute atomic E-state index is 0.151. The molecule has 0 aliphatic heterocycles. The Morgan fingerprint density at radius 2 is 1.58 bits per heavy atom. The zero-order chi connectivity index (χ0) is 18.4. The molecule has 0 atom stereocenters. The third kappa shape index (κ3) is 4.68. The molecule has 0 spiro atoms. The van der Waals surface area contributed by atoms with Crippen molar-refractivity contribution in [1.29, 1.82) is 0 Å². The van der Waals surface area contributed by atoms with Gasteiger partial charge in [-0.1, -0.05) is 36.0 Å². The first kappa shape index (κ1) is 18.5. The number of hydrogen-bond acceptors (Lipinski definition) is 4. The van der Waals surface area contributed by atoms with Gasteiger partial charge in [0.25, 0.3) is 0 Å². The second-order valence-electron chi connectivity index (χ2n) is 5.75. The molecule has 3 rings (SSSR count). The molecule has 0 fully saturated rings. The summed E-state index contributed by atoms with van der Waals surface area (Å²) in [6.45, 7) is 1.39. The summed E-state index contributed by atoms with van der Waals surface area (Å²) in [7, 11) is 1.67. The average Bonchev–Trinajstić information content (AvgIpc) is 3.09. The number of benzene rings is 2. The van der Waals surface area contributed by atoms with Crippen molar-refractivity contribution in [3.63, 3.8) is 0 Å². The molecule has 0 saturated heterocycles. The van der Waals surface area contributed by atoms with E-state index < -0.39 is 0 Å². The Bertz CT molecular complexity index is 776. The second kappa shape index (κ2) is 8.91. The fraction of sp³-hybridized carbons (Fsp3) is 0.263. The van der Waals surface area contributed by atoms with Gasteiger partial charge in [0.05, 0.1) is 5.25 Å². The monoisotopic (exact) mass is 375 g/mol. The molecular formula is C19H19F2N3OS. The van der Waals surface area contributed by atoms with Crippen LogP contribution in [0, 0.1) is 11.6 Å². The van der Waals surface area contributed by atoms with E-state index in [1.54, 1.807) is 37.7 Å². The van der Waals surface area contributed by atoms with E-state index in [0.29, 0.717) is 6.61 Å². The zero-order valence-electron chi connectivity index (χ0n) is 14.3. The summed E-state index contributed by atoms with van der Waals surface area (Å²) in [6, 6.07) is 12.7. The predicted molar refractivity (Wildman–Crippen MR) is 97.0 cm³/mol. The van der Waals surface area contributed by atoms with Gasteiger partial charge < -0.3 is 9.30 Å². The van der Waals surface area contributed by atoms with Crippen LogP contribution in [0.2, 0.25) is 0 Å². The molecule has 2 aromatic carbocycles. The summed E-state index contributed by atoms with van der Waals surface area (Å²) in [5.41, 5.74) is 1.82. The highest BCUT2D eigenvalue weighted by Crippen LogP contribution is 2.39. The van der Waals surface area contributed by atoms with Crippen LogP contribution in [-0.4, -0.2) is 28.5 Å². The van der Waals surface area contributed by atoms with Gasteiger partial charge in [0.1, 0.15) is 18.0 Å². The molecule has 4 nitrogen and oxygen atoms in total. The fourth-order valence-corrected chi connectivity index (χ4v) is 3.74. The number of nitrogens with zero attached hydrogens (tertiary/aromatic N) is 3. The standard InChI is InChI=1S/C19H19F2N3OS/c1-25-12-2-11-24-13-22-23-19(24)26-18(14-3-7-16(20)8-4-14)15-5-9-17(21)10-6-15/h3-10,13,18H,2,11-12H2,1H3. The van der Waals surface area contributed by atoms with Crippen LogP contribution in [0.5, 0.6) is 0 Å². The molecule has 0 amide bonds. The molecule has 0 unspecified atom stereocenters. The van der Waals surface area contributed by atoms with Gasteiger partial charge in [-0.15, -0.1) is 10.2 Å². The van der Waals surface area contributed by atoms with E-state index in [9.17, 15) is 8.78 Å². The van der Waals surface area contributed by atoms with Gasteiger partial charge in [0, 0.05) is 20.3 Å². The van der Waals surface area contributed by atoms with Crippen LogP contribution in [-0.2, 0) is 11.3 Å². The molecule has 1 aromatic heterocycles. The zero-order valence-corrected chi connectivity index (χ0v) is 15.1. The van der Waals surface area contributed by atoms with Gasteiger partial charge in [-0.3, -0.25) is 0 Å². The Hall–Kier alpha value is -2.25. The quantitative estimate of drug-likeness (QED) is 0.430. The number of methoxy groups -OCH3 is 1. The third-order valence-corrected chi connectivity index (χ3v) is 5.20. The minimum atomic E-state index is -0.292. The molecule has 0 saturated carbocycles. The molecule has 0 aliphatic carbocycles. The SMILES string of the molecule is COCCCn1cnnc1SC(c1ccc(F)cc1)c1ccc(F)cc1. The highest BCUT2D eigenvalue weighted by molar-refractivity contribution is 7.99. The van der Waals surface area contributed by atoms with Crippen LogP contribution >= 0.6 is 11.8 Å². The van der Waals surface area contributed by atoms with E-state index in [4.69, 9.17) is 4.74 Å². The van der Waals surface area contributed by atoms with E-state index >= 15 is 0 Å². The maximum absolute atomic E-state index is 13.3. The maximum Gasteiger partial charge on any atom is 0.191 e. The first-order chi connectivity index (χ1) is 12.7. The number of aromatic nitrogens is 3. The molecule has 0 bridgehead atoms. The molecule has 1 heterocycles. The van der Waals surface area contributed by atoms with Crippen molar-refractivity contribution >= 4 is 11.8 Å². The summed E-state index contributed by atoms with van der Waals surface area (Å²) in [4.78, 5) is 0. The van der Waals surface area contributed by atoms with Crippen molar-refractivity contribution in [2.24, 2.45) is 0 Å². The summed E-state index contributed by atoms with van der Waals surface area (Å²) in [6.07, 6.45) is 2.53. The van der Waals surface area contributed by atoms with Crippen LogP contribution in [0.25, 0.3) is 0 Å². The van der Waals surface area contributed by atoms with Crippen LogP contribution in [0.3, 0.4) is 0 Å². The molecular weight excluding hydrogens is 356 g/mol. The topological polar surface area (TPSA) is 39.9 Å². The van der Waals surface area contributed by atoms with E-state index in [1.165, 1.54) is 36.0 Å². The molecule has 0 radical (unpaired) electrons. The normalized spacial score (nSPS) is 11.2. The lowest BCUT2D eigenvalue weighted by Gasteiger charge is -2.18. The van der Waals surface area contributed by atoms with Gasteiger partial charge in [-0.25, -0.2) is 8.78 Å². The lowest BCUT2D eigenvalue weighted by atomic mass is 10.0. The van der Waals surface area contributed by atoms with Crippen molar-refractivity contribution in [2.75, 3.05) is 13.7 Å². The summed E-state index contributed by atoms with van der Waals surface area (Å²) < 4.78 is 33.7. The fourth-order valence-electron chi connectivity index (χ4n) is 2.58. The van der Waals surface area contributed by atoms with Crippen molar-refractivity contribution in [3.8, 4) is 0 Å². The van der Waals surface area contributed by atoms with E-state index in [2.05, 4.69) is 10.2 Å². The number of ether oxygens (including phenoxy) is 1. The Morgan fingerprint density at radius 3 is 2.12 bits per heavy atom. The maximum atomic E-state index is 13.3. The van der Waals surface area contributed by atoms with Crippen molar-refractivity contribution < 1.29 is 13.5 Å². The highest BCUT2D eigenvalue weighted by Gasteiger charge is 2.19. The number of hydrogen-bond donors (Lipinski definition) is 0. The van der Waals surface area contributed by atoms with E-state index in [0.717, 1.165) is 29.2 Å². The Kier molecular flexibility index (Phi) is 6.35. The number of halogens is 2. The Balaban J connectivity index is 1.88. The molecule has 26 heavy (non-hydrogen) atoms. The predicted octanol–water partition coefficient (Wildman–Crippen LogP) is 4.47. The summed E-state index contributed by atoms with van der Waals surface area (Å²) in [5.74, 6) is -0.585. The molecule has 3 aromatic rings.